The van der Waals surface area contributed by atoms with Crippen LogP contribution in [-0.2, 0) is 6.54 Å². The number of hydrogen-bond acceptors (Lipinski definition) is 3. The van der Waals surface area contributed by atoms with Crippen LogP contribution in [0.3, 0.4) is 0 Å². The fraction of sp³-hybridized carbons (Fsp3) is 0.350. The molecule has 0 heterocycles. The molecule has 26 heavy (non-hydrogen) atoms. The quantitative estimate of drug-likeness (QED) is 0.563. The molecule has 2 rings (SSSR count). The van der Waals surface area contributed by atoms with Gasteiger partial charge >= 0.3 is 0 Å². The van der Waals surface area contributed by atoms with Crippen molar-refractivity contribution in [2.75, 3.05) is 20.8 Å². The van der Waals surface area contributed by atoms with Crippen molar-refractivity contribution in [1.82, 2.24) is 10.6 Å². The minimum Gasteiger partial charge on any atom is -0.493 e. The third-order valence-electron chi connectivity index (χ3n) is 3.93. The Bertz CT molecular complexity index is 732. The average Bonchev–Trinajstić information content (AvgIpc) is 2.66. The molecule has 0 saturated carbocycles. The number of halogens is 1. The number of rotatable bonds is 7. The van der Waals surface area contributed by atoms with Crippen molar-refractivity contribution < 1.29 is 9.47 Å². The van der Waals surface area contributed by atoms with E-state index in [0.29, 0.717) is 13.2 Å². The van der Waals surface area contributed by atoms with Gasteiger partial charge in [0.1, 0.15) is 0 Å². The molecule has 5 nitrogen and oxygen atoms in total. The van der Waals surface area contributed by atoms with Crippen LogP contribution in [0.5, 0.6) is 11.5 Å². The average molecular weight is 376 g/mol. The second-order valence-corrected chi connectivity index (χ2v) is 6.20. The zero-order chi connectivity index (χ0) is 18.9. The number of methoxy groups -OCH3 is 1. The third-order valence-corrected chi connectivity index (χ3v) is 4.19. The van der Waals surface area contributed by atoms with Crippen LogP contribution in [0.25, 0.3) is 0 Å². The zero-order valence-electron chi connectivity index (χ0n) is 15.7. The van der Waals surface area contributed by atoms with E-state index in [2.05, 4.69) is 22.5 Å². The van der Waals surface area contributed by atoms with Gasteiger partial charge in [-0.25, -0.2) is 0 Å². The van der Waals surface area contributed by atoms with Crippen LogP contribution in [0.15, 0.2) is 47.5 Å². The highest BCUT2D eigenvalue weighted by molar-refractivity contribution is 6.30. The molecule has 0 bridgehead atoms. The van der Waals surface area contributed by atoms with E-state index >= 15 is 0 Å². The van der Waals surface area contributed by atoms with Gasteiger partial charge in [-0.15, -0.1) is 0 Å². The number of nitrogens with one attached hydrogen (secondary N) is 2. The van der Waals surface area contributed by atoms with Crippen molar-refractivity contribution >= 4 is 17.6 Å². The minimum atomic E-state index is 0.105. The highest BCUT2D eigenvalue weighted by Crippen LogP contribution is 2.28. The molecule has 0 aliphatic carbocycles. The fourth-order valence-corrected chi connectivity index (χ4v) is 2.65. The van der Waals surface area contributed by atoms with E-state index in [-0.39, 0.29) is 6.04 Å². The highest BCUT2D eigenvalue weighted by Gasteiger charge is 2.09. The Labute approximate surface area is 160 Å². The first kappa shape index (κ1) is 19.9. The summed E-state index contributed by atoms with van der Waals surface area (Å²) in [5.74, 6) is 2.20. The zero-order valence-corrected chi connectivity index (χ0v) is 16.4. The molecular weight excluding hydrogens is 350 g/mol. The van der Waals surface area contributed by atoms with Crippen LogP contribution in [-0.4, -0.2) is 26.7 Å². The summed E-state index contributed by atoms with van der Waals surface area (Å²) in [6.45, 7) is 5.25. The summed E-state index contributed by atoms with van der Waals surface area (Å²) in [4.78, 5) is 4.29. The lowest BCUT2D eigenvalue weighted by Gasteiger charge is -2.19. The Morgan fingerprint density at radius 3 is 2.50 bits per heavy atom. The fourth-order valence-electron chi connectivity index (χ4n) is 2.52. The topological polar surface area (TPSA) is 54.9 Å². The van der Waals surface area contributed by atoms with E-state index in [1.54, 1.807) is 14.2 Å². The summed E-state index contributed by atoms with van der Waals surface area (Å²) in [7, 11) is 3.39. The molecule has 140 valence electrons. The van der Waals surface area contributed by atoms with Crippen LogP contribution in [0, 0.1) is 0 Å². The molecule has 0 amide bonds. The molecule has 1 unspecified atom stereocenters. The molecule has 0 fully saturated rings. The van der Waals surface area contributed by atoms with Gasteiger partial charge in [0, 0.05) is 18.6 Å². The van der Waals surface area contributed by atoms with Crippen molar-refractivity contribution in [3.8, 4) is 11.5 Å². The van der Waals surface area contributed by atoms with Crippen molar-refractivity contribution in [2.45, 2.75) is 26.4 Å². The van der Waals surface area contributed by atoms with Gasteiger partial charge in [-0.05, 0) is 49.2 Å². The van der Waals surface area contributed by atoms with E-state index in [0.717, 1.165) is 33.6 Å². The molecular formula is C20H26ClN3O2. The van der Waals surface area contributed by atoms with Gasteiger partial charge in [0.15, 0.2) is 17.5 Å². The number of aliphatic imine (C=N–C) groups is 1. The molecule has 6 heteroatoms. The van der Waals surface area contributed by atoms with Crippen LogP contribution in [0.1, 0.15) is 31.0 Å². The number of nitrogens with zero attached hydrogens (tertiary/aromatic N) is 1. The van der Waals surface area contributed by atoms with E-state index in [4.69, 9.17) is 21.1 Å². The monoisotopic (exact) mass is 375 g/mol. The van der Waals surface area contributed by atoms with Gasteiger partial charge in [-0.2, -0.15) is 0 Å². The van der Waals surface area contributed by atoms with Gasteiger partial charge < -0.3 is 20.1 Å². The Balaban J connectivity index is 1.98. The van der Waals surface area contributed by atoms with Gasteiger partial charge in [0.25, 0.3) is 0 Å². The summed E-state index contributed by atoms with van der Waals surface area (Å²) in [5, 5.41) is 7.43. The molecule has 1 atom stereocenters. The Morgan fingerprint density at radius 2 is 1.88 bits per heavy atom. The maximum Gasteiger partial charge on any atom is 0.191 e. The molecule has 2 aromatic rings. The van der Waals surface area contributed by atoms with Crippen molar-refractivity contribution in [1.29, 1.82) is 0 Å². The summed E-state index contributed by atoms with van der Waals surface area (Å²) < 4.78 is 10.9. The van der Waals surface area contributed by atoms with E-state index < -0.39 is 0 Å². The van der Waals surface area contributed by atoms with E-state index in [9.17, 15) is 0 Å². The summed E-state index contributed by atoms with van der Waals surface area (Å²) >= 11 is 5.95. The van der Waals surface area contributed by atoms with Gasteiger partial charge in [0.2, 0.25) is 0 Å². The van der Waals surface area contributed by atoms with Crippen LogP contribution in [0.4, 0.5) is 0 Å². The maximum atomic E-state index is 5.95. The molecule has 0 spiro atoms. The molecule has 0 aromatic heterocycles. The number of hydrogen-bond donors (Lipinski definition) is 2. The lowest BCUT2D eigenvalue weighted by molar-refractivity contribution is 0.310. The smallest absolute Gasteiger partial charge is 0.191 e. The lowest BCUT2D eigenvalue weighted by atomic mass is 10.1. The van der Waals surface area contributed by atoms with Gasteiger partial charge in [0.05, 0.1) is 19.8 Å². The van der Waals surface area contributed by atoms with Gasteiger partial charge in [-0.1, -0.05) is 29.8 Å². The van der Waals surface area contributed by atoms with Gasteiger partial charge in [-0.3, -0.25) is 4.99 Å². The summed E-state index contributed by atoms with van der Waals surface area (Å²) in [6, 6.07) is 13.8. The molecule has 0 aliphatic heterocycles. The first-order valence-electron chi connectivity index (χ1n) is 8.59. The third kappa shape index (κ3) is 5.56. The van der Waals surface area contributed by atoms with Crippen LogP contribution in [0.2, 0.25) is 5.02 Å². The normalized spacial score (nSPS) is 12.4. The van der Waals surface area contributed by atoms with Crippen molar-refractivity contribution in [3.63, 3.8) is 0 Å². The summed E-state index contributed by atoms with van der Waals surface area (Å²) in [5.41, 5.74) is 2.22. The SMILES string of the molecule is CCOc1cc(CNC(=NC)NC(C)c2ccc(Cl)cc2)ccc1OC. The first-order valence-corrected chi connectivity index (χ1v) is 8.97. The second-order valence-electron chi connectivity index (χ2n) is 5.76. The predicted octanol–water partition coefficient (Wildman–Crippen LogP) is 4.17. The number of guanidine groups is 1. The largest absolute Gasteiger partial charge is 0.493 e. The van der Waals surface area contributed by atoms with Crippen LogP contribution < -0.4 is 20.1 Å². The van der Waals surface area contributed by atoms with E-state index in [1.807, 2.05) is 49.4 Å². The molecule has 0 aliphatic rings. The predicted molar refractivity (Wildman–Crippen MR) is 107 cm³/mol. The molecule has 0 radical (unpaired) electrons. The molecule has 2 N–H and O–H groups in total. The van der Waals surface area contributed by atoms with Crippen molar-refractivity contribution in [2.24, 2.45) is 4.99 Å². The molecule has 0 saturated heterocycles. The van der Waals surface area contributed by atoms with Crippen LogP contribution >= 0.6 is 11.6 Å². The van der Waals surface area contributed by atoms with Crippen molar-refractivity contribution in [3.05, 3.63) is 58.6 Å². The lowest BCUT2D eigenvalue weighted by Crippen LogP contribution is -2.38. The minimum absolute atomic E-state index is 0.105. The first-order chi connectivity index (χ1) is 12.6. The second kappa shape index (κ2) is 9.92. The standard InChI is InChI=1S/C20H26ClN3O2/c1-5-26-19-12-15(6-11-18(19)25-4)13-23-20(22-3)24-14(2)16-7-9-17(21)10-8-16/h6-12,14H,5,13H2,1-4H3,(H2,22,23,24). The maximum absolute atomic E-state index is 5.95. The number of benzene rings is 2. The molecule has 2 aromatic carbocycles. The highest BCUT2D eigenvalue weighted by atomic mass is 35.5. The Hall–Kier alpha value is -2.40. The summed E-state index contributed by atoms with van der Waals surface area (Å²) in [6.07, 6.45) is 0. The number of ether oxygens (including phenoxy) is 2. The Morgan fingerprint density at radius 1 is 1.15 bits per heavy atom. The Kier molecular flexibility index (Phi) is 7.60. The van der Waals surface area contributed by atoms with E-state index in [1.165, 1.54) is 0 Å².